The molecule has 3 N–H and O–H groups in total. The molecule has 0 spiro atoms. The Hall–Kier alpha value is -2.78. The molecule has 2 aromatic rings. The third-order valence-electron chi connectivity index (χ3n) is 7.26. The van der Waals surface area contributed by atoms with E-state index < -0.39 is 0 Å². The van der Waals surface area contributed by atoms with Crippen molar-refractivity contribution in [2.75, 3.05) is 19.0 Å². The molecule has 0 saturated carbocycles. The van der Waals surface area contributed by atoms with Gasteiger partial charge in [-0.2, -0.15) is 5.10 Å². The maximum atomic E-state index is 6.53. The van der Waals surface area contributed by atoms with Crippen LogP contribution in [-0.4, -0.2) is 36.0 Å². The predicted molar refractivity (Wildman–Crippen MR) is 146 cm³/mol. The summed E-state index contributed by atoms with van der Waals surface area (Å²) in [6, 6.07) is 16.9. The van der Waals surface area contributed by atoms with Gasteiger partial charge in [-0.25, -0.2) is 0 Å². The molecule has 194 valence electrons. The van der Waals surface area contributed by atoms with Crippen molar-refractivity contribution < 1.29 is 14.2 Å². The average molecular weight is 519 g/mol. The van der Waals surface area contributed by atoms with E-state index in [1.165, 1.54) is 28.0 Å². The topological polar surface area (TPSA) is 81.3 Å². The lowest BCUT2D eigenvalue weighted by Crippen LogP contribution is -2.30. The third-order valence-corrected chi connectivity index (χ3v) is 8.32. The van der Waals surface area contributed by atoms with Crippen molar-refractivity contribution in [2.45, 2.75) is 61.6 Å². The first-order valence-electron chi connectivity index (χ1n) is 13.2. The maximum absolute atomic E-state index is 6.53. The molecule has 2 aromatic carbocycles. The van der Waals surface area contributed by atoms with Crippen molar-refractivity contribution in [2.24, 2.45) is 10.8 Å². The van der Waals surface area contributed by atoms with Crippen LogP contribution in [0.1, 0.15) is 67.1 Å². The number of fused-ring (bicyclic) bond motifs is 2. The van der Waals surface area contributed by atoms with E-state index >= 15 is 0 Å². The lowest BCUT2D eigenvalue weighted by molar-refractivity contribution is -0.158. The van der Waals surface area contributed by atoms with E-state index in [1.54, 1.807) is 11.8 Å². The number of hydrazone groups is 1. The monoisotopic (exact) mass is 518 g/mol. The molecule has 37 heavy (non-hydrogen) atoms. The van der Waals surface area contributed by atoms with Crippen LogP contribution in [0.25, 0.3) is 0 Å². The van der Waals surface area contributed by atoms with Crippen LogP contribution in [0.3, 0.4) is 0 Å². The summed E-state index contributed by atoms with van der Waals surface area (Å²) in [5.74, 6) is 2.57. The van der Waals surface area contributed by atoms with Gasteiger partial charge in [0.1, 0.15) is 18.0 Å². The lowest BCUT2D eigenvalue weighted by atomic mass is 9.86. The van der Waals surface area contributed by atoms with Crippen LogP contribution < -0.4 is 11.2 Å². The van der Waals surface area contributed by atoms with E-state index in [0.717, 1.165) is 49.6 Å². The Morgan fingerprint density at radius 1 is 1.00 bits per heavy atom. The fraction of sp³-hybridized carbons (Fsp3) is 0.414. The van der Waals surface area contributed by atoms with Gasteiger partial charge < -0.3 is 24.8 Å². The van der Waals surface area contributed by atoms with Crippen LogP contribution in [0.4, 0.5) is 0 Å². The van der Waals surface area contributed by atoms with Gasteiger partial charge in [0.05, 0.1) is 12.8 Å². The molecule has 1 saturated heterocycles. The van der Waals surface area contributed by atoms with Gasteiger partial charge >= 0.3 is 0 Å². The van der Waals surface area contributed by atoms with Crippen LogP contribution in [-0.2, 0) is 14.2 Å². The molecule has 3 heterocycles. The van der Waals surface area contributed by atoms with Gasteiger partial charge in [-0.05, 0) is 61.4 Å². The molecule has 1 aliphatic carbocycles. The van der Waals surface area contributed by atoms with Gasteiger partial charge in [0.15, 0.2) is 12.1 Å². The predicted octanol–water partition coefficient (Wildman–Crippen LogP) is 5.50. The van der Waals surface area contributed by atoms with Crippen molar-refractivity contribution in [1.82, 2.24) is 10.3 Å². The van der Waals surface area contributed by atoms with E-state index in [9.17, 15) is 0 Å². The Morgan fingerprint density at radius 3 is 2.70 bits per heavy atom. The van der Waals surface area contributed by atoms with Crippen molar-refractivity contribution in [1.29, 1.82) is 0 Å². The minimum atomic E-state index is -0.100. The van der Waals surface area contributed by atoms with E-state index in [4.69, 9.17) is 19.9 Å². The number of thioether (sulfide) groups is 1. The zero-order valence-electron chi connectivity index (χ0n) is 20.9. The van der Waals surface area contributed by atoms with Gasteiger partial charge in [0.2, 0.25) is 0 Å². The zero-order chi connectivity index (χ0) is 25.0. The molecule has 0 aromatic heterocycles. The summed E-state index contributed by atoms with van der Waals surface area (Å²) in [5, 5.41) is 4.58. The Balaban J connectivity index is 1.13. The number of benzene rings is 2. The first-order chi connectivity index (χ1) is 18.3. The highest BCUT2D eigenvalue weighted by Crippen LogP contribution is 2.39. The lowest BCUT2D eigenvalue weighted by Gasteiger charge is -2.32. The highest BCUT2D eigenvalue weighted by molar-refractivity contribution is 7.99. The molecular weight excluding hydrogens is 484 g/mol. The molecule has 8 heteroatoms. The summed E-state index contributed by atoms with van der Waals surface area (Å²) >= 11 is 1.80. The second-order valence-electron chi connectivity index (χ2n) is 9.75. The Bertz CT molecular complexity index is 1190. The molecule has 4 aliphatic rings. The molecule has 0 bridgehead atoms. The van der Waals surface area contributed by atoms with Crippen LogP contribution in [0.15, 0.2) is 82.6 Å². The van der Waals surface area contributed by atoms with Crippen molar-refractivity contribution >= 4 is 17.6 Å². The number of amidine groups is 1. The normalized spacial score (nSPS) is 26.6. The molecule has 4 atom stereocenters. The van der Waals surface area contributed by atoms with Crippen LogP contribution in [0.5, 0.6) is 0 Å². The number of nitrogens with two attached hydrogens (primary N) is 1. The van der Waals surface area contributed by atoms with E-state index in [0.29, 0.717) is 6.61 Å². The second kappa shape index (κ2) is 11.3. The maximum Gasteiger partial charge on any atom is 0.157 e. The fourth-order valence-electron chi connectivity index (χ4n) is 5.35. The average Bonchev–Trinajstić information content (AvgIpc) is 3.37. The molecule has 7 nitrogen and oxygen atoms in total. The molecule has 3 aliphatic heterocycles. The largest absolute Gasteiger partial charge is 0.484 e. The first kappa shape index (κ1) is 24.6. The quantitative estimate of drug-likeness (QED) is 0.353. The highest BCUT2D eigenvalue weighted by atomic mass is 32.2. The van der Waals surface area contributed by atoms with Crippen LogP contribution in [0, 0.1) is 0 Å². The van der Waals surface area contributed by atoms with Crippen molar-refractivity contribution in [3.05, 3.63) is 89.3 Å². The van der Waals surface area contributed by atoms with Gasteiger partial charge in [-0.3, -0.25) is 5.43 Å². The number of hydrogen-bond donors (Lipinski definition) is 2. The van der Waals surface area contributed by atoms with Crippen molar-refractivity contribution in [3.63, 3.8) is 0 Å². The highest BCUT2D eigenvalue weighted by Gasteiger charge is 2.32. The zero-order valence-corrected chi connectivity index (χ0v) is 21.7. The Morgan fingerprint density at radius 2 is 1.84 bits per heavy atom. The van der Waals surface area contributed by atoms with Crippen molar-refractivity contribution in [3.8, 4) is 0 Å². The van der Waals surface area contributed by atoms with E-state index in [1.807, 2.05) is 12.2 Å². The first-order valence-corrected chi connectivity index (χ1v) is 14.2. The second-order valence-corrected chi connectivity index (χ2v) is 10.9. The van der Waals surface area contributed by atoms with E-state index in [-0.39, 0.29) is 24.6 Å². The molecule has 2 unspecified atom stereocenters. The molecule has 0 amide bonds. The van der Waals surface area contributed by atoms with Gasteiger partial charge in [-0.1, -0.05) is 42.5 Å². The summed E-state index contributed by atoms with van der Waals surface area (Å²) in [6.07, 6.45) is 11.0. The smallest absolute Gasteiger partial charge is 0.157 e. The number of ether oxygens (including phenoxy) is 3. The molecule has 0 radical (unpaired) electrons. The van der Waals surface area contributed by atoms with Crippen LogP contribution in [0.2, 0.25) is 0 Å². The minimum absolute atomic E-state index is 0.00427. The summed E-state index contributed by atoms with van der Waals surface area (Å²) in [5.41, 5.74) is 13.2. The Labute approximate surface area is 222 Å². The van der Waals surface area contributed by atoms with Gasteiger partial charge in [-0.15, -0.1) is 11.8 Å². The molecule has 6 rings (SSSR count). The van der Waals surface area contributed by atoms with Crippen LogP contribution >= 0.6 is 11.8 Å². The number of nitrogens with one attached hydrogen (secondary N) is 1. The Kier molecular flexibility index (Phi) is 7.50. The minimum Gasteiger partial charge on any atom is -0.484 e. The third kappa shape index (κ3) is 5.43. The fourth-order valence-corrected chi connectivity index (χ4v) is 6.27. The number of hydrogen-bond acceptors (Lipinski definition) is 8. The molecular formula is C29H34N4O3S. The standard InChI is InChI=1S/C29H34N4O3S/c30-24-13-14-25(22-8-2-1-7-21(22)24)36-20-12-15-27-31-32-29(33(27)19-20)23-9-3-4-10-26(23)37-18-17-35-28-11-5-6-16-34-28/h1-4,7-10,12,15,19,24-25,28-29,32H,5-6,11,13-14,16-18,30H2/t24-,25-,28?,29?/m0/s1. The SMILES string of the molecule is N[C@H]1CC[C@H](OC2=CN3C(=NNC3c3ccccc3SCCOC3CCCCO3)C=C2)c2ccccc21. The summed E-state index contributed by atoms with van der Waals surface area (Å²) in [7, 11) is 0. The number of rotatable bonds is 8. The van der Waals surface area contributed by atoms with Gasteiger partial charge in [0, 0.05) is 28.9 Å². The summed E-state index contributed by atoms with van der Waals surface area (Å²) in [6.45, 7) is 1.47. The summed E-state index contributed by atoms with van der Waals surface area (Å²) < 4.78 is 18.2. The number of nitrogens with zero attached hydrogens (tertiary/aromatic N) is 2. The number of allylic oxidation sites excluding steroid dienone is 1. The van der Waals surface area contributed by atoms with Gasteiger partial charge in [0.25, 0.3) is 0 Å². The summed E-state index contributed by atoms with van der Waals surface area (Å²) in [4.78, 5) is 3.37. The van der Waals surface area contributed by atoms with E-state index in [2.05, 4.69) is 70.2 Å². The molecule has 1 fully saturated rings.